The highest BCUT2D eigenvalue weighted by atomic mass is 16.6. The van der Waals surface area contributed by atoms with Gasteiger partial charge in [-0.05, 0) is 16.7 Å². The minimum Gasteiger partial charge on any atom is -0.394 e. The van der Waals surface area contributed by atoms with Gasteiger partial charge in [0, 0.05) is 6.42 Å². The van der Waals surface area contributed by atoms with Gasteiger partial charge in [0.2, 0.25) is 0 Å². The summed E-state index contributed by atoms with van der Waals surface area (Å²) in [6.45, 7) is 0.786. The Hall–Kier alpha value is -2.70. The van der Waals surface area contributed by atoms with Crippen LogP contribution in [0, 0.1) is 0 Å². The van der Waals surface area contributed by atoms with Crippen molar-refractivity contribution in [1.29, 1.82) is 0 Å². The van der Waals surface area contributed by atoms with E-state index < -0.39 is 61.5 Å². The first-order chi connectivity index (χ1) is 20.5. The molecule has 9 nitrogen and oxygen atoms in total. The predicted octanol–water partition coefficient (Wildman–Crippen LogP) is 2.37. The molecule has 2 heterocycles. The van der Waals surface area contributed by atoms with E-state index in [-0.39, 0.29) is 13.0 Å². The maximum absolute atomic E-state index is 10.8. The Balaban J connectivity index is 1.35. The topological polar surface area (TPSA) is 127 Å². The minimum atomic E-state index is -1.47. The summed E-state index contributed by atoms with van der Waals surface area (Å²) in [5.74, 6) is 0. The molecule has 9 atom stereocenters. The summed E-state index contributed by atoms with van der Waals surface area (Å²) in [5.41, 5.74) is 3.02. The fourth-order valence-corrected chi connectivity index (χ4v) is 5.53. The second kappa shape index (κ2) is 15.2. The average molecular weight is 581 g/mol. The highest BCUT2D eigenvalue weighted by Crippen LogP contribution is 2.34. The molecule has 0 radical (unpaired) electrons. The third kappa shape index (κ3) is 7.82. The average Bonchev–Trinajstić information content (AvgIpc) is 3.36. The molecule has 0 unspecified atom stereocenters. The van der Waals surface area contributed by atoms with Gasteiger partial charge in [0.05, 0.1) is 45.2 Å². The zero-order chi connectivity index (χ0) is 29.3. The quantitative estimate of drug-likeness (QED) is 0.241. The molecule has 0 bridgehead atoms. The van der Waals surface area contributed by atoms with Gasteiger partial charge in [0.1, 0.15) is 42.7 Å². The first-order valence-electron chi connectivity index (χ1n) is 14.4. The number of benzene rings is 3. The number of aliphatic hydroxyl groups excluding tert-OH is 4. The lowest BCUT2D eigenvalue weighted by Gasteiger charge is -2.41. The van der Waals surface area contributed by atoms with E-state index >= 15 is 0 Å². The summed E-state index contributed by atoms with van der Waals surface area (Å²) in [5, 5.41) is 41.1. The van der Waals surface area contributed by atoms with Crippen LogP contribution in [0.5, 0.6) is 0 Å². The second-order valence-corrected chi connectivity index (χ2v) is 10.8. The molecule has 2 aliphatic rings. The molecule has 3 aromatic rings. The van der Waals surface area contributed by atoms with Crippen molar-refractivity contribution in [2.24, 2.45) is 0 Å². The lowest BCUT2D eigenvalue weighted by molar-refractivity contribution is -0.237. The van der Waals surface area contributed by atoms with Crippen LogP contribution in [0.25, 0.3) is 0 Å². The molecule has 0 aliphatic carbocycles. The Morgan fingerprint density at radius 2 is 0.976 bits per heavy atom. The van der Waals surface area contributed by atoms with Crippen LogP contribution in [0.2, 0.25) is 0 Å². The van der Waals surface area contributed by atoms with E-state index in [0.29, 0.717) is 19.8 Å². The van der Waals surface area contributed by atoms with E-state index in [1.807, 2.05) is 91.0 Å². The molecular formula is C33H40O9. The Kier molecular flexibility index (Phi) is 11.1. The van der Waals surface area contributed by atoms with Crippen molar-refractivity contribution < 1.29 is 44.1 Å². The van der Waals surface area contributed by atoms with Gasteiger partial charge in [-0.3, -0.25) is 0 Å². The van der Waals surface area contributed by atoms with Crippen molar-refractivity contribution in [3.8, 4) is 0 Å². The number of hydrogen-bond acceptors (Lipinski definition) is 9. The molecule has 9 heteroatoms. The van der Waals surface area contributed by atoms with Crippen molar-refractivity contribution in [3.05, 3.63) is 108 Å². The van der Waals surface area contributed by atoms with E-state index in [1.165, 1.54) is 0 Å². The Morgan fingerprint density at radius 3 is 1.50 bits per heavy atom. The Morgan fingerprint density at radius 1 is 0.524 bits per heavy atom. The molecule has 0 saturated carbocycles. The first-order valence-corrected chi connectivity index (χ1v) is 14.4. The van der Waals surface area contributed by atoms with Crippen LogP contribution in [-0.2, 0) is 43.5 Å². The van der Waals surface area contributed by atoms with Crippen LogP contribution in [0.1, 0.15) is 23.1 Å². The Bertz CT molecular complexity index is 1180. The van der Waals surface area contributed by atoms with Crippen molar-refractivity contribution >= 4 is 0 Å². The molecule has 42 heavy (non-hydrogen) atoms. The molecule has 0 aromatic heterocycles. The molecular weight excluding hydrogens is 540 g/mol. The van der Waals surface area contributed by atoms with E-state index in [2.05, 4.69) is 0 Å². The van der Waals surface area contributed by atoms with E-state index in [1.54, 1.807) is 0 Å². The third-order valence-electron chi connectivity index (χ3n) is 7.83. The van der Waals surface area contributed by atoms with Gasteiger partial charge in [-0.1, -0.05) is 91.0 Å². The summed E-state index contributed by atoms with van der Waals surface area (Å²) in [6, 6.07) is 29.5. The smallest absolute Gasteiger partial charge is 0.115 e. The summed E-state index contributed by atoms with van der Waals surface area (Å²) < 4.78 is 31.4. The molecule has 4 N–H and O–H groups in total. The predicted molar refractivity (Wildman–Crippen MR) is 153 cm³/mol. The molecule has 2 saturated heterocycles. The number of aliphatic hydroxyl groups is 4. The minimum absolute atomic E-state index is 0.140. The SMILES string of the molecule is OC[C@H]1O[C@@H](C[C@@H]2O[C@H](COCc3ccccc3)[C@@H](OCc3ccccc3)[C@H]2OCc2ccccc2)[C@H](O)[C@@H](O)[C@@H]1O. The fourth-order valence-electron chi connectivity index (χ4n) is 5.53. The van der Waals surface area contributed by atoms with Crippen LogP contribution >= 0.6 is 0 Å². The molecule has 2 fully saturated rings. The van der Waals surface area contributed by atoms with Crippen LogP contribution in [0.4, 0.5) is 0 Å². The second-order valence-electron chi connectivity index (χ2n) is 10.8. The lowest BCUT2D eigenvalue weighted by atomic mass is 9.91. The van der Waals surface area contributed by atoms with Crippen molar-refractivity contribution in [1.82, 2.24) is 0 Å². The summed E-state index contributed by atoms with van der Waals surface area (Å²) in [4.78, 5) is 0. The van der Waals surface area contributed by atoms with Crippen molar-refractivity contribution in [2.75, 3.05) is 13.2 Å². The fraction of sp³-hybridized carbons (Fsp3) is 0.455. The van der Waals surface area contributed by atoms with E-state index in [4.69, 9.17) is 23.7 Å². The van der Waals surface area contributed by atoms with Gasteiger partial charge in [0.15, 0.2) is 0 Å². The maximum atomic E-state index is 10.8. The monoisotopic (exact) mass is 580 g/mol. The molecule has 2 aliphatic heterocycles. The van der Waals surface area contributed by atoms with Gasteiger partial charge in [-0.15, -0.1) is 0 Å². The Labute approximate surface area is 246 Å². The zero-order valence-electron chi connectivity index (χ0n) is 23.4. The van der Waals surface area contributed by atoms with E-state index in [0.717, 1.165) is 16.7 Å². The molecule has 0 amide bonds. The van der Waals surface area contributed by atoms with Crippen molar-refractivity contribution in [3.63, 3.8) is 0 Å². The van der Waals surface area contributed by atoms with Gasteiger partial charge in [-0.25, -0.2) is 0 Å². The lowest BCUT2D eigenvalue weighted by Crippen LogP contribution is -2.59. The molecule has 5 rings (SSSR count). The van der Waals surface area contributed by atoms with E-state index in [9.17, 15) is 20.4 Å². The summed E-state index contributed by atoms with van der Waals surface area (Å²) in [6.07, 6.45) is -8.22. The highest BCUT2D eigenvalue weighted by molar-refractivity contribution is 5.15. The highest BCUT2D eigenvalue weighted by Gasteiger charge is 2.50. The number of rotatable bonds is 13. The van der Waals surface area contributed by atoms with Gasteiger partial charge in [-0.2, -0.15) is 0 Å². The molecule has 3 aromatic carbocycles. The third-order valence-corrected chi connectivity index (χ3v) is 7.83. The summed E-state index contributed by atoms with van der Waals surface area (Å²) >= 11 is 0. The van der Waals surface area contributed by atoms with Crippen molar-refractivity contribution in [2.45, 2.75) is 81.2 Å². The van der Waals surface area contributed by atoms with Crippen LogP contribution < -0.4 is 0 Å². The van der Waals surface area contributed by atoms with Crippen LogP contribution in [0.3, 0.4) is 0 Å². The number of ether oxygens (including phenoxy) is 5. The van der Waals surface area contributed by atoms with Crippen LogP contribution in [-0.4, -0.2) is 88.6 Å². The largest absolute Gasteiger partial charge is 0.394 e. The normalized spacial score (nSPS) is 31.3. The van der Waals surface area contributed by atoms with Gasteiger partial charge < -0.3 is 44.1 Å². The van der Waals surface area contributed by atoms with Gasteiger partial charge >= 0.3 is 0 Å². The standard InChI is InChI=1S/C33H40O9/c34-17-27-30(36)31(37)29(35)25(41-27)16-26-32(39-19-23-12-6-2-7-13-23)33(40-20-24-14-8-3-9-15-24)28(42-26)21-38-18-22-10-4-1-5-11-22/h1-15,25-37H,16-21H2/t25-,26-,27+,28+,29-,30+,31+,32-,33+/m0/s1. The van der Waals surface area contributed by atoms with Gasteiger partial charge in [0.25, 0.3) is 0 Å². The first kappa shape index (κ1) is 30.7. The zero-order valence-corrected chi connectivity index (χ0v) is 23.4. The number of hydrogen-bond donors (Lipinski definition) is 4. The molecule has 226 valence electrons. The maximum Gasteiger partial charge on any atom is 0.115 e. The summed E-state index contributed by atoms with van der Waals surface area (Å²) in [7, 11) is 0. The van der Waals surface area contributed by atoms with Crippen LogP contribution in [0.15, 0.2) is 91.0 Å². The molecule has 0 spiro atoms.